The molecule has 4 aromatic rings. The Morgan fingerprint density at radius 3 is 2.76 bits per heavy atom. The maximum absolute atomic E-state index is 6.33. The second-order valence-electron chi connectivity index (χ2n) is 8.28. The van der Waals surface area contributed by atoms with E-state index in [1.54, 1.807) is 13.1 Å². The first-order valence-electron chi connectivity index (χ1n) is 11.0. The molecule has 5 rings (SSSR count). The van der Waals surface area contributed by atoms with Gasteiger partial charge in [-0.25, -0.2) is 4.68 Å². The number of nitrogens with one attached hydrogen (secondary N) is 1. The molecule has 0 radical (unpaired) electrons. The molecule has 10 heteroatoms. The minimum absolute atomic E-state index is 0.514. The number of hydrogen-bond acceptors (Lipinski definition) is 8. The van der Waals surface area contributed by atoms with Crippen LogP contribution in [-0.4, -0.2) is 67.7 Å². The van der Waals surface area contributed by atoms with Crippen LogP contribution in [0.4, 0.5) is 11.5 Å². The largest absolute Gasteiger partial charge is 0.383 e. The molecule has 0 aliphatic carbocycles. The Morgan fingerprint density at radius 2 is 1.97 bits per heavy atom. The SMILES string of the molecule is CC#Cc1nc(-c2cnn(CCN3CCN(c4cc5c(C)noc5cc4C)CC3)c2N)n[nH]1. The number of aromatic nitrogens is 6. The van der Waals surface area contributed by atoms with Crippen molar-refractivity contribution in [2.45, 2.75) is 27.3 Å². The molecule has 4 heterocycles. The highest BCUT2D eigenvalue weighted by atomic mass is 16.5. The molecule has 1 saturated heterocycles. The fourth-order valence-corrected chi connectivity index (χ4v) is 4.29. The van der Waals surface area contributed by atoms with Gasteiger partial charge < -0.3 is 15.2 Å². The number of nitrogens with two attached hydrogens (primary N) is 1. The number of fused-ring (bicyclic) bond motifs is 1. The molecular formula is C23H27N9O. The molecule has 1 aliphatic heterocycles. The number of piperazine rings is 1. The second-order valence-corrected chi connectivity index (χ2v) is 8.28. The van der Waals surface area contributed by atoms with E-state index in [1.165, 1.54) is 11.3 Å². The number of H-pyrrole nitrogens is 1. The molecule has 1 aliphatic rings. The van der Waals surface area contributed by atoms with Crippen molar-refractivity contribution in [1.29, 1.82) is 0 Å². The Morgan fingerprint density at radius 1 is 1.15 bits per heavy atom. The van der Waals surface area contributed by atoms with E-state index in [4.69, 9.17) is 10.3 Å². The van der Waals surface area contributed by atoms with Crippen molar-refractivity contribution in [2.75, 3.05) is 43.4 Å². The van der Waals surface area contributed by atoms with Crippen LogP contribution >= 0.6 is 0 Å². The van der Waals surface area contributed by atoms with Crippen LogP contribution in [0.5, 0.6) is 0 Å². The lowest BCUT2D eigenvalue weighted by Gasteiger charge is -2.36. The Balaban J connectivity index is 1.20. The molecule has 0 atom stereocenters. The number of hydrogen-bond donors (Lipinski definition) is 2. The highest BCUT2D eigenvalue weighted by molar-refractivity contribution is 5.85. The zero-order chi connectivity index (χ0) is 22.9. The van der Waals surface area contributed by atoms with Gasteiger partial charge in [0.15, 0.2) is 11.4 Å². The monoisotopic (exact) mass is 445 g/mol. The molecule has 170 valence electrons. The van der Waals surface area contributed by atoms with Crippen molar-refractivity contribution < 1.29 is 4.52 Å². The Bertz CT molecular complexity index is 1350. The van der Waals surface area contributed by atoms with Gasteiger partial charge in [0.1, 0.15) is 5.82 Å². The van der Waals surface area contributed by atoms with Crippen LogP contribution in [0.3, 0.4) is 0 Å². The summed E-state index contributed by atoms with van der Waals surface area (Å²) in [6, 6.07) is 4.29. The molecule has 1 aromatic carbocycles. The van der Waals surface area contributed by atoms with Gasteiger partial charge in [0.25, 0.3) is 0 Å². The highest BCUT2D eigenvalue weighted by Gasteiger charge is 2.21. The third-order valence-electron chi connectivity index (χ3n) is 6.16. The third kappa shape index (κ3) is 4.03. The van der Waals surface area contributed by atoms with E-state index in [2.05, 4.69) is 66.1 Å². The van der Waals surface area contributed by atoms with Crippen molar-refractivity contribution in [3.8, 4) is 23.2 Å². The Kier molecular flexibility index (Phi) is 5.48. The van der Waals surface area contributed by atoms with Crippen molar-refractivity contribution in [3.63, 3.8) is 0 Å². The van der Waals surface area contributed by atoms with Crippen molar-refractivity contribution in [2.24, 2.45) is 0 Å². The molecule has 0 saturated carbocycles. The first-order chi connectivity index (χ1) is 16.0. The number of aromatic amines is 1. The van der Waals surface area contributed by atoms with Gasteiger partial charge in [-0.1, -0.05) is 11.1 Å². The summed E-state index contributed by atoms with van der Waals surface area (Å²) in [5, 5.41) is 16.6. The molecule has 0 unspecified atom stereocenters. The van der Waals surface area contributed by atoms with E-state index in [0.29, 0.717) is 24.0 Å². The van der Waals surface area contributed by atoms with E-state index < -0.39 is 0 Å². The smallest absolute Gasteiger partial charge is 0.201 e. The standard InChI is InChI=1S/C23H27N9O/c1-4-5-21-26-23(28-27-21)18-14-25-32(22(18)24)11-8-30-6-9-31(10-7-30)19-13-17-16(3)29-33-20(17)12-15(19)2/h12-14H,6-11,24H2,1-3H3,(H,26,27,28). The summed E-state index contributed by atoms with van der Waals surface area (Å²) in [6.45, 7) is 11.3. The normalized spacial score (nSPS) is 14.6. The van der Waals surface area contributed by atoms with Crippen LogP contribution in [0.25, 0.3) is 22.4 Å². The van der Waals surface area contributed by atoms with Crippen LogP contribution in [-0.2, 0) is 6.54 Å². The number of anilines is 2. The number of nitrogen functional groups attached to an aromatic ring is 1. The number of nitrogens with zero attached hydrogens (tertiary/aromatic N) is 7. The minimum atomic E-state index is 0.514. The van der Waals surface area contributed by atoms with Crippen molar-refractivity contribution in [1.82, 2.24) is 35.0 Å². The van der Waals surface area contributed by atoms with E-state index in [-0.39, 0.29) is 0 Å². The Labute approximate surface area is 191 Å². The first kappa shape index (κ1) is 21.0. The molecule has 10 nitrogen and oxygen atoms in total. The van der Waals surface area contributed by atoms with Crippen LogP contribution in [0.1, 0.15) is 24.0 Å². The first-order valence-corrected chi connectivity index (χ1v) is 11.0. The molecule has 0 amide bonds. The number of aryl methyl sites for hydroxylation is 2. The number of benzene rings is 1. The van der Waals surface area contributed by atoms with Gasteiger partial charge in [0.2, 0.25) is 5.82 Å². The lowest BCUT2D eigenvalue weighted by atomic mass is 10.1. The molecule has 0 bridgehead atoms. The number of rotatable bonds is 5. The zero-order valence-electron chi connectivity index (χ0n) is 19.1. The average Bonchev–Trinajstić information content (AvgIpc) is 3.52. The van der Waals surface area contributed by atoms with Crippen LogP contribution in [0, 0.1) is 25.7 Å². The molecule has 1 fully saturated rings. The molecule has 3 aromatic heterocycles. The molecular weight excluding hydrogens is 418 g/mol. The summed E-state index contributed by atoms with van der Waals surface area (Å²) < 4.78 is 7.22. The lowest BCUT2D eigenvalue weighted by molar-refractivity contribution is 0.245. The van der Waals surface area contributed by atoms with Gasteiger partial charge in [0, 0.05) is 43.8 Å². The fourth-order valence-electron chi connectivity index (χ4n) is 4.29. The van der Waals surface area contributed by atoms with Crippen LogP contribution in [0.15, 0.2) is 22.9 Å². The van der Waals surface area contributed by atoms with Gasteiger partial charge in [-0.05, 0) is 44.4 Å². The van der Waals surface area contributed by atoms with Crippen LogP contribution in [0.2, 0.25) is 0 Å². The van der Waals surface area contributed by atoms with Gasteiger partial charge in [-0.3, -0.25) is 10.00 Å². The van der Waals surface area contributed by atoms with E-state index in [9.17, 15) is 0 Å². The van der Waals surface area contributed by atoms with Gasteiger partial charge in [-0.2, -0.15) is 15.2 Å². The topological polar surface area (TPSA) is 118 Å². The van der Waals surface area contributed by atoms with Gasteiger partial charge in [0.05, 0.1) is 24.0 Å². The predicted molar refractivity (Wildman–Crippen MR) is 127 cm³/mol. The fraction of sp³-hybridized carbons (Fsp3) is 0.391. The van der Waals surface area contributed by atoms with E-state index in [0.717, 1.165) is 55.0 Å². The minimum Gasteiger partial charge on any atom is -0.383 e. The second kappa shape index (κ2) is 8.60. The highest BCUT2D eigenvalue weighted by Crippen LogP contribution is 2.29. The summed E-state index contributed by atoms with van der Waals surface area (Å²) in [7, 11) is 0. The van der Waals surface area contributed by atoms with Gasteiger partial charge >= 0.3 is 0 Å². The summed E-state index contributed by atoms with van der Waals surface area (Å²) in [4.78, 5) is 9.24. The van der Waals surface area contributed by atoms with Crippen molar-refractivity contribution >= 4 is 22.5 Å². The molecule has 33 heavy (non-hydrogen) atoms. The van der Waals surface area contributed by atoms with Crippen molar-refractivity contribution in [3.05, 3.63) is 35.4 Å². The summed E-state index contributed by atoms with van der Waals surface area (Å²) in [5.41, 5.74) is 11.3. The van der Waals surface area contributed by atoms with E-state index in [1.807, 2.05) is 11.6 Å². The predicted octanol–water partition coefficient (Wildman–Crippen LogP) is 2.20. The zero-order valence-corrected chi connectivity index (χ0v) is 19.1. The maximum Gasteiger partial charge on any atom is 0.201 e. The summed E-state index contributed by atoms with van der Waals surface area (Å²) in [6.07, 6.45) is 1.71. The van der Waals surface area contributed by atoms with Gasteiger partial charge in [-0.15, -0.1) is 0 Å². The molecule has 3 N–H and O–H groups in total. The summed E-state index contributed by atoms with van der Waals surface area (Å²) in [5.74, 6) is 7.25. The summed E-state index contributed by atoms with van der Waals surface area (Å²) >= 11 is 0. The van der Waals surface area contributed by atoms with E-state index >= 15 is 0 Å². The average molecular weight is 446 g/mol. The Hall–Kier alpha value is -3.84. The third-order valence-corrected chi connectivity index (χ3v) is 6.16. The molecule has 0 spiro atoms. The lowest BCUT2D eigenvalue weighted by Crippen LogP contribution is -2.47. The maximum atomic E-state index is 6.33. The quantitative estimate of drug-likeness (QED) is 0.449. The van der Waals surface area contributed by atoms with Crippen LogP contribution < -0.4 is 10.6 Å².